The normalized spacial score (nSPS) is 31.4. The van der Waals surface area contributed by atoms with Crippen molar-refractivity contribution in [3.63, 3.8) is 0 Å². The Morgan fingerprint density at radius 3 is 2.55 bits per heavy atom. The molecule has 0 aromatic heterocycles. The number of anilines is 1. The van der Waals surface area contributed by atoms with Gasteiger partial charge in [0.15, 0.2) is 0 Å². The highest BCUT2D eigenvalue weighted by molar-refractivity contribution is 8.02. The number of hydrogen-bond acceptors (Lipinski definition) is 5. The minimum atomic E-state index is -0.918. The predicted octanol–water partition coefficient (Wildman–Crippen LogP) is 3.76. The number of aliphatic hydroxyl groups excluding tert-OH is 1. The van der Waals surface area contributed by atoms with Crippen LogP contribution >= 0.6 is 23.4 Å². The van der Waals surface area contributed by atoms with Gasteiger partial charge in [0.2, 0.25) is 11.8 Å². The molecule has 0 bridgehead atoms. The minimum Gasteiger partial charge on any atom is -0.394 e. The molecule has 204 valence electrons. The lowest BCUT2D eigenvalue weighted by Crippen LogP contribution is -2.57. The van der Waals surface area contributed by atoms with E-state index in [2.05, 4.69) is 6.08 Å². The van der Waals surface area contributed by atoms with Crippen molar-refractivity contribution in [2.24, 2.45) is 17.8 Å². The molecule has 1 aromatic rings. The number of benzene rings is 1. The first kappa shape index (κ1) is 27.3. The summed E-state index contributed by atoms with van der Waals surface area (Å²) in [6.45, 7) is 7.33. The van der Waals surface area contributed by atoms with E-state index in [1.807, 2.05) is 62.1 Å². The quantitative estimate of drug-likeness (QED) is 0.516. The molecule has 2 saturated heterocycles. The molecule has 1 N–H and O–H groups in total. The van der Waals surface area contributed by atoms with Crippen LogP contribution in [0, 0.1) is 17.8 Å². The van der Waals surface area contributed by atoms with Gasteiger partial charge in [-0.15, -0.1) is 11.8 Å². The fraction of sp³-hybridized carbons (Fsp3) is 0.552. The summed E-state index contributed by atoms with van der Waals surface area (Å²) >= 11 is 8.09. The zero-order valence-corrected chi connectivity index (χ0v) is 23.7. The SMILES string of the molecule is CCCN1CC=C[C@@H]2S[C@]34C=CCN(c5ccccc5Cl)C(=O)C3N([C@@H](CO)CC(C)C)C(=O)[C@@H]4[C@@H]2C1=O. The number of likely N-dealkylation sites (tertiary alicyclic amines) is 1. The van der Waals surface area contributed by atoms with Crippen LogP contribution in [0.4, 0.5) is 5.69 Å². The summed E-state index contributed by atoms with van der Waals surface area (Å²) in [5, 5.41) is 10.7. The number of amides is 3. The van der Waals surface area contributed by atoms with Crippen LogP contribution < -0.4 is 4.90 Å². The summed E-state index contributed by atoms with van der Waals surface area (Å²) < 4.78 is -0.918. The third-order valence-electron chi connectivity index (χ3n) is 8.16. The monoisotopic (exact) mass is 557 g/mol. The standard InChI is InChI=1S/C29H36ClN3O4S/c1-4-13-31-14-7-11-22-23(26(31)35)24-27(36)33(19(17-34)16-18(2)3)25-28(37)32(15-8-12-29(24,25)38-22)21-10-6-5-9-20(21)30/h5-12,18-19,22-25,34H,4,13-17H2,1-3H3/t19-,22+,23-,24+,25?,29+/m1/s1. The van der Waals surface area contributed by atoms with Crippen LogP contribution in [0.5, 0.6) is 0 Å². The van der Waals surface area contributed by atoms with E-state index in [0.717, 1.165) is 6.42 Å². The Morgan fingerprint density at radius 1 is 1.11 bits per heavy atom. The molecule has 0 radical (unpaired) electrons. The van der Waals surface area contributed by atoms with Gasteiger partial charge < -0.3 is 19.8 Å². The predicted molar refractivity (Wildman–Crippen MR) is 151 cm³/mol. The van der Waals surface area contributed by atoms with Crippen molar-refractivity contribution in [2.75, 3.05) is 31.1 Å². The number of carbonyl (C=O) groups excluding carboxylic acids is 3. The first-order valence-electron chi connectivity index (χ1n) is 13.5. The maximum absolute atomic E-state index is 14.5. The van der Waals surface area contributed by atoms with E-state index in [1.54, 1.807) is 27.6 Å². The number of nitrogens with zero attached hydrogens (tertiary/aromatic N) is 3. The number of fused-ring (bicyclic) bond motifs is 2. The zero-order valence-electron chi connectivity index (χ0n) is 22.1. The molecule has 6 atom stereocenters. The highest BCUT2D eigenvalue weighted by Gasteiger charge is 2.71. The van der Waals surface area contributed by atoms with Crippen molar-refractivity contribution in [2.45, 2.75) is 55.7 Å². The van der Waals surface area contributed by atoms with E-state index in [1.165, 1.54) is 0 Å². The smallest absolute Gasteiger partial charge is 0.251 e. The van der Waals surface area contributed by atoms with Gasteiger partial charge >= 0.3 is 0 Å². The van der Waals surface area contributed by atoms with Crippen molar-refractivity contribution in [3.8, 4) is 0 Å². The molecule has 3 amide bonds. The van der Waals surface area contributed by atoms with Gasteiger partial charge in [-0.05, 0) is 30.9 Å². The van der Waals surface area contributed by atoms with Crippen LogP contribution in [0.15, 0.2) is 48.6 Å². The number of rotatable bonds is 7. The summed E-state index contributed by atoms with van der Waals surface area (Å²) in [7, 11) is 0. The lowest BCUT2D eigenvalue weighted by Gasteiger charge is -2.39. The Hall–Kier alpha value is -2.29. The first-order valence-corrected chi connectivity index (χ1v) is 14.8. The van der Waals surface area contributed by atoms with E-state index in [0.29, 0.717) is 36.8 Å². The Morgan fingerprint density at radius 2 is 1.87 bits per heavy atom. The number of halogens is 1. The molecule has 9 heteroatoms. The van der Waals surface area contributed by atoms with Gasteiger partial charge in [-0.3, -0.25) is 14.4 Å². The molecule has 0 saturated carbocycles. The van der Waals surface area contributed by atoms with E-state index >= 15 is 0 Å². The average molecular weight is 558 g/mol. The van der Waals surface area contributed by atoms with Crippen LogP contribution in [0.2, 0.25) is 5.02 Å². The van der Waals surface area contributed by atoms with Gasteiger partial charge in [-0.2, -0.15) is 0 Å². The third-order valence-corrected chi connectivity index (χ3v) is 10.2. The number of hydrogen-bond donors (Lipinski definition) is 1. The molecule has 1 aromatic carbocycles. The molecule has 38 heavy (non-hydrogen) atoms. The second kappa shape index (κ2) is 10.7. The Kier molecular flexibility index (Phi) is 7.68. The Bertz CT molecular complexity index is 1170. The van der Waals surface area contributed by atoms with E-state index in [-0.39, 0.29) is 35.5 Å². The third kappa shape index (κ3) is 4.29. The molecular formula is C29H36ClN3O4S. The number of para-hydroxylation sites is 1. The number of aliphatic hydroxyl groups is 1. The lowest BCUT2D eigenvalue weighted by atomic mass is 9.78. The second-order valence-electron chi connectivity index (χ2n) is 11.1. The molecule has 4 aliphatic rings. The molecule has 1 unspecified atom stereocenters. The van der Waals surface area contributed by atoms with Crippen molar-refractivity contribution in [3.05, 3.63) is 53.6 Å². The fourth-order valence-corrected chi connectivity index (χ4v) is 8.93. The van der Waals surface area contributed by atoms with Crippen LogP contribution in [0.1, 0.15) is 33.6 Å². The van der Waals surface area contributed by atoms with E-state index < -0.39 is 28.7 Å². The van der Waals surface area contributed by atoms with Gasteiger partial charge in [-0.1, -0.05) is 68.8 Å². The van der Waals surface area contributed by atoms with Gasteiger partial charge in [-0.25, -0.2) is 0 Å². The summed E-state index contributed by atoms with van der Waals surface area (Å²) in [6.07, 6.45) is 9.40. The Balaban J connectivity index is 1.65. The number of thioether (sulfide) groups is 1. The van der Waals surface area contributed by atoms with Gasteiger partial charge in [0.05, 0.1) is 39.9 Å². The van der Waals surface area contributed by atoms with Crippen molar-refractivity contribution < 1.29 is 19.5 Å². The summed E-state index contributed by atoms with van der Waals surface area (Å²) in [6, 6.07) is 5.83. The van der Waals surface area contributed by atoms with E-state index in [4.69, 9.17) is 11.6 Å². The largest absolute Gasteiger partial charge is 0.394 e. The highest BCUT2D eigenvalue weighted by Crippen LogP contribution is 2.61. The maximum Gasteiger partial charge on any atom is 0.251 e. The zero-order chi connectivity index (χ0) is 27.2. The van der Waals surface area contributed by atoms with Crippen LogP contribution in [-0.2, 0) is 14.4 Å². The molecule has 4 aliphatic heterocycles. The van der Waals surface area contributed by atoms with Crippen LogP contribution in [-0.4, -0.2) is 80.9 Å². The maximum atomic E-state index is 14.5. The summed E-state index contributed by atoms with van der Waals surface area (Å²) in [5.41, 5.74) is 0.587. The fourth-order valence-electron chi connectivity index (χ4n) is 6.70. The van der Waals surface area contributed by atoms with Crippen molar-refractivity contribution in [1.29, 1.82) is 0 Å². The molecule has 0 aliphatic carbocycles. The van der Waals surface area contributed by atoms with Crippen LogP contribution in [0.3, 0.4) is 0 Å². The average Bonchev–Trinajstić information content (AvgIpc) is 3.21. The second-order valence-corrected chi connectivity index (χ2v) is 13.0. The molecule has 1 spiro atoms. The molecule has 7 nitrogen and oxygen atoms in total. The first-order chi connectivity index (χ1) is 18.2. The van der Waals surface area contributed by atoms with E-state index in [9.17, 15) is 19.5 Å². The molecule has 2 fully saturated rings. The van der Waals surface area contributed by atoms with Gasteiger partial charge in [0.1, 0.15) is 6.04 Å². The number of carbonyl (C=O) groups is 3. The molecule has 4 heterocycles. The highest BCUT2D eigenvalue weighted by atomic mass is 35.5. The summed E-state index contributed by atoms with van der Waals surface area (Å²) in [4.78, 5) is 48.0. The van der Waals surface area contributed by atoms with Crippen molar-refractivity contribution in [1.82, 2.24) is 9.80 Å². The molecule has 5 rings (SSSR count). The van der Waals surface area contributed by atoms with Crippen molar-refractivity contribution >= 4 is 46.8 Å². The van der Waals surface area contributed by atoms with Crippen LogP contribution in [0.25, 0.3) is 0 Å². The minimum absolute atomic E-state index is 0.0253. The van der Waals surface area contributed by atoms with Gasteiger partial charge in [0.25, 0.3) is 5.91 Å². The topological polar surface area (TPSA) is 81.2 Å². The summed E-state index contributed by atoms with van der Waals surface area (Å²) in [5.74, 6) is -1.52. The molecular weight excluding hydrogens is 522 g/mol. The Labute approximate surface area is 233 Å². The van der Waals surface area contributed by atoms with Gasteiger partial charge in [0, 0.05) is 24.9 Å². The lowest BCUT2D eigenvalue weighted by molar-refractivity contribution is -0.144.